The van der Waals surface area contributed by atoms with Gasteiger partial charge >= 0.3 is 0 Å². The van der Waals surface area contributed by atoms with E-state index in [9.17, 15) is 14.7 Å². The van der Waals surface area contributed by atoms with Crippen LogP contribution in [0.3, 0.4) is 0 Å². The quantitative estimate of drug-likeness (QED) is 0.498. The number of aliphatic hydroxyl groups excluding tert-OH is 1. The van der Waals surface area contributed by atoms with Crippen molar-refractivity contribution in [1.29, 1.82) is 0 Å². The number of aliphatic hydroxyl groups is 1. The van der Waals surface area contributed by atoms with E-state index in [0.29, 0.717) is 11.4 Å². The minimum Gasteiger partial charge on any atom is -0.383 e. The van der Waals surface area contributed by atoms with Crippen molar-refractivity contribution in [3.05, 3.63) is 66.4 Å². The Morgan fingerprint density at radius 1 is 1.34 bits per heavy atom. The van der Waals surface area contributed by atoms with E-state index >= 15 is 0 Å². The number of rotatable bonds is 4. The van der Waals surface area contributed by atoms with Crippen LogP contribution in [0.15, 0.2) is 55.1 Å². The summed E-state index contributed by atoms with van der Waals surface area (Å²) in [4.78, 5) is 41.1. The van der Waals surface area contributed by atoms with Gasteiger partial charge in [0.1, 0.15) is 11.8 Å². The van der Waals surface area contributed by atoms with Crippen molar-refractivity contribution in [2.45, 2.75) is 37.6 Å². The lowest BCUT2D eigenvalue weighted by molar-refractivity contribution is -0.170. The second-order valence-electron chi connectivity index (χ2n) is 8.88. The van der Waals surface area contributed by atoms with E-state index in [-0.39, 0.29) is 12.1 Å². The van der Waals surface area contributed by atoms with Gasteiger partial charge in [-0.05, 0) is 29.5 Å². The Labute approximate surface area is 185 Å². The van der Waals surface area contributed by atoms with Gasteiger partial charge in [0.15, 0.2) is 0 Å². The number of anilines is 1. The molecule has 1 aromatic heterocycles. The Balaban J connectivity index is 1.88. The average molecular weight is 435 g/mol. The van der Waals surface area contributed by atoms with Crippen molar-refractivity contribution in [3.63, 3.8) is 0 Å². The van der Waals surface area contributed by atoms with Gasteiger partial charge < -0.3 is 15.4 Å². The summed E-state index contributed by atoms with van der Waals surface area (Å²) in [6, 6.07) is 7.60. The molecule has 2 fully saturated rings. The van der Waals surface area contributed by atoms with Gasteiger partial charge in [-0.2, -0.15) is 0 Å². The van der Waals surface area contributed by atoms with Crippen LogP contribution in [0.1, 0.15) is 31.5 Å². The molecule has 3 atom stereocenters. The van der Waals surface area contributed by atoms with Crippen molar-refractivity contribution in [3.8, 4) is 0 Å². The molecule has 1 aromatic carbocycles. The molecule has 32 heavy (non-hydrogen) atoms. The highest BCUT2D eigenvalue weighted by molar-refractivity contribution is 6.07. The van der Waals surface area contributed by atoms with Crippen LogP contribution in [0.5, 0.6) is 0 Å². The number of hydrogen-bond donors (Lipinski definition) is 3. The summed E-state index contributed by atoms with van der Waals surface area (Å²) < 4.78 is 0. The summed E-state index contributed by atoms with van der Waals surface area (Å²) in [7, 11) is 1.50. The Hall–Kier alpha value is -3.43. The molecule has 166 valence electrons. The van der Waals surface area contributed by atoms with Crippen LogP contribution in [-0.4, -0.2) is 50.8 Å². The smallest absolute Gasteiger partial charge is 0.271 e. The first kappa shape index (κ1) is 20.5. The molecular weight excluding hydrogens is 410 g/mol. The maximum atomic E-state index is 13.5. The number of benzene rings is 1. The second-order valence-corrected chi connectivity index (χ2v) is 8.88. The number of carbonyl (C=O) groups excluding carboxylic acids is 2. The van der Waals surface area contributed by atoms with E-state index in [0.717, 1.165) is 5.56 Å². The van der Waals surface area contributed by atoms with Crippen molar-refractivity contribution >= 4 is 23.6 Å². The van der Waals surface area contributed by atoms with Gasteiger partial charge in [0.25, 0.3) is 11.8 Å². The summed E-state index contributed by atoms with van der Waals surface area (Å²) in [5, 5.41) is 15.7. The zero-order chi connectivity index (χ0) is 22.9. The number of allylic oxidation sites excluding steroid dienone is 1. The van der Waals surface area contributed by atoms with Gasteiger partial charge in [-0.1, -0.05) is 38.1 Å². The van der Waals surface area contributed by atoms with Gasteiger partial charge in [-0.25, -0.2) is 10.0 Å². The fourth-order valence-electron chi connectivity index (χ4n) is 5.68. The van der Waals surface area contributed by atoms with Crippen molar-refractivity contribution in [1.82, 2.24) is 20.2 Å². The van der Waals surface area contributed by atoms with Gasteiger partial charge in [0.2, 0.25) is 5.79 Å². The molecule has 4 heterocycles. The summed E-state index contributed by atoms with van der Waals surface area (Å²) in [6.07, 6.45) is 5.14. The molecule has 3 aliphatic rings. The molecule has 3 N–H and O–H groups in total. The number of hydroxylamine groups is 1. The van der Waals surface area contributed by atoms with E-state index in [1.807, 2.05) is 38.1 Å². The normalized spacial score (nSPS) is 30.2. The van der Waals surface area contributed by atoms with Crippen LogP contribution in [0.4, 0.5) is 5.69 Å². The number of nitrogens with one attached hydrogen (secondary N) is 2. The standard InChI is InChI=1S/C23H25N5O4/c1-5-21(2,3)22-11-18(29)20(31)27-17(10-14-12-24-13-25-14)19(30)26-23(22,27)28(32-4)16-9-7-6-8-15(16)22/h5-10,12-13,18,29H,1,11H2,2-4H3,(H,24,25)(H,26,30)/b17-10-. The van der Waals surface area contributed by atoms with Crippen LogP contribution in [0.2, 0.25) is 0 Å². The number of amides is 2. The largest absolute Gasteiger partial charge is 0.383 e. The molecule has 1 spiro atoms. The van der Waals surface area contributed by atoms with E-state index in [1.54, 1.807) is 23.4 Å². The molecule has 5 rings (SSSR count). The number of imidazole rings is 1. The number of fused-ring (bicyclic) bond motifs is 2. The first-order chi connectivity index (χ1) is 15.2. The van der Waals surface area contributed by atoms with Gasteiger partial charge in [0, 0.05) is 0 Å². The van der Waals surface area contributed by atoms with Crippen LogP contribution in [-0.2, 0) is 19.8 Å². The highest BCUT2D eigenvalue weighted by Gasteiger charge is 2.78. The third-order valence-corrected chi connectivity index (χ3v) is 7.17. The predicted molar refractivity (Wildman–Crippen MR) is 116 cm³/mol. The Bertz CT molecular complexity index is 1160. The molecule has 9 heteroatoms. The van der Waals surface area contributed by atoms with Crippen molar-refractivity contribution in [2.24, 2.45) is 5.41 Å². The molecule has 3 aliphatic heterocycles. The predicted octanol–water partition coefficient (Wildman–Crippen LogP) is 1.66. The maximum absolute atomic E-state index is 13.5. The van der Waals surface area contributed by atoms with Crippen LogP contribution >= 0.6 is 0 Å². The number of nitrogens with zero attached hydrogens (tertiary/aromatic N) is 3. The third kappa shape index (κ3) is 2.17. The number of hydrogen-bond acceptors (Lipinski definition) is 6. The lowest BCUT2D eigenvalue weighted by Crippen LogP contribution is -2.79. The molecule has 0 bridgehead atoms. The maximum Gasteiger partial charge on any atom is 0.271 e. The first-order valence-electron chi connectivity index (χ1n) is 10.4. The summed E-state index contributed by atoms with van der Waals surface area (Å²) in [5.41, 5.74) is 0.560. The minimum absolute atomic E-state index is 0.0792. The van der Waals surface area contributed by atoms with E-state index in [2.05, 4.69) is 21.9 Å². The number of aromatic nitrogens is 2. The lowest BCUT2D eigenvalue weighted by atomic mass is 9.55. The molecule has 3 unspecified atom stereocenters. The zero-order valence-corrected chi connectivity index (χ0v) is 18.1. The minimum atomic E-state index is -1.44. The third-order valence-electron chi connectivity index (χ3n) is 7.17. The zero-order valence-electron chi connectivity index (χ0n) is 18.1. The van der Waals surface area contributed by atoms with Gasteiger partial charge in [-0.3, -0.25) is 19.3 Å². The molecule has 0 radical (unpaired) electrons. The Morgan fingerprint density at radius 2 is 2.09 bits per heavy atom. The van der Waals surface area contributed by atoms with E-state index < -0.39 is 34.5 Å². The van der Waals surface area contributed by atoms with Gasteiger partial charge in [-0.15, -0.1) is 6.58 Å². The number of H-pyrrole nitrogens is 1. The number of aromatic amines is 1. The summed E-state index contributed by atoms with van der Waals surface area (Å²) in [6.45, 7) is 8.03. The van der Waals surface area contributed by atoms with Crippen LogP contribution < -0.4 is 10.4 Å². The SMILES string of the molecule is C=CC(C)(C)C12CC(O)C(=O)N3/C(=C\c4cnc[nH]4)C(=O)NC31N(OC)c1ccccc12. The van der Waals surface area contributed by atoms with E-state index in [1.165, 1.54) is 18.3 Å². The number of para-hydroxylation sites is 1. The number of piperidine rings is 1. The topological polar surface area (TPSA) is 111 Å². The summed E-state index contributed by atoms with van der Waals surface area (Å²) >= 11 is 0. The van der Waals surface area contributed by atoms with Crippen LogP contribution in [0, 0.1) is 5.41 Å². The molecule has 2 aromatic rings. The molecule has 0 saturated carbocycles. The highest BCUT2D eigenvalue weighted by Crippen LogP contribution is 2.66. The highest BCUT2D eigenvalue weighted by atomic mass is 16.7. The molecule has 0 aliphatic carbocycles. The fraction of sp³-hybridized carbons (Fsp3) is 0.348. The molecule has 2 amide bonds. The van der Waals surface area contributed by atoms with Crippen LogP contribution in [0.25, 0.3) is 6.08 Å². The van der Waals surface area contributed by atoms with Gasteiger partial charge in [0.05, 0.1) is 36.4 Å². The monoisotopic (exact) mass is 435 g/mol. The molecule has 2 saturated heterocycles. The molecular formula is C23H25N5O4. The Kier molecular flexibility index (Phi) is 4.18. The molecule has 9 nitrogen and oxygen atoms in total. The summed E-state index contributed by atoms with van der Waals surface area (Å²) in [5.74, 6) is -2.48. The first-order valence-corrected chi connectivity index (χ1v) is 10.4. The Morgan fingerprint density at radius 3 is 2.75 bits per heavy atom. The van der Waals surface area contributed by atoms with Crippen molar-refractivity contribution in [2.75, 3.05) is 12.2 Å². The second kappa shape index (κ2) is 6.54. The fourth-order valence-corrected chi connectivity index (χ4v) is 5.68. The van der Waals surface area contributed by atoms with E-state index in [4.69, 9.17) is 4.84 Å². The lowest BCUT2D eigenvalue weighted by Gasteiger charge is -2.59. The van der Waals surface area contributed by atoms with Crippen molar-refractivity contribution < 1.29 is 19.5 Å². The number of carbonyl (C=O) groups is 2. The average Bonchev–Trinajstić information content (AvgIpc) is 3.44.